The number of carbonyl (C=O) groups excluding carboxylic acids is 3. The normalized spacial score (nSPS) is 14.3. The van der Waals surface area contributed by atoms with Gasteiger partial charge in [0.15, 0.2) is 5.78 Å². The zero-order valence-corrected chi connectivity index (χ0v) is 12.5. The Bertz CT molecular complexity index is 739. The lowest BCUT2D eigenvalue weighted by Crippen LogP contribution is -2.49. The number of benzene rings is 2. The van der Waals surface area contributed by atoms with Gasteiger partial charge in [-0.1, -0.05) is 42.5 Å². The van der Waals surface area contributed by atoms with E-state index in [0.717, 1.165) is 0 Å². The third-order valence-corrected chi connectivity index (χ3v) is 3.76. The Labute approximate surface area is 133 Å². The Morgan fingerprint density at radius 2 is 1.48 bits per heavy atom. The zero-order valence-electron chi connectivity index (χ0n) is 12.5. The van der Waals surface area contributed by atoms with Crippen molar-refractivity contribution < 1.29 is 14.4 Å². The van der Waals surface area contributed by atoms with Crippen LogP contribution in [0.1, 0.15) is 26.3 Å². The SMILES string of the molecule is O=C1CN(C(=O)c2ccc(C(=O)c3ccccc3)cc2)CCN1. The Morgan fingerprint density at radius 3 is 2.13 bits per heavy atom. The van der Waals surface area contributed by atoms with Crippen LogP contribution in [-0.4, -0.2) is 42.1 Å². The Kier molecular flexibility index (Phi) is 4.19. The van der Waals surface area contributed by atoms with E-state index < -0.39 is 0 Å². The molecule has 0 radical (unpaired) electrons. The average molecular weight is 308 g/mol. The van der Waals surface area contributed by atoms with Crippen molar-refractivity contribution in [2.24, 2.45) is 0 Å². The molecule has 3 rings (SSSR count). The predicted octanol–water partition coefficient (Wildman–Crippen LogP) is 1.49. The number of piperazine rings is 1. The first-order chi connectivity index (χ1) is 11.1. The Balaban J connectivity index is 1.75. The van der Waals surface area contributed by atoms with E-state index in [1.165, 1.54) is 4.90 Å². The zero-order chi connectivity index (χ0) is 16.2. The first-order valence-electron chi connectivity index (χ1n) is 7.41. The molecule has 1 aliphatic heterocycles. The van der Waals surface area contributed by atoms with Crippen molar-refractivity contribution >= 4 is 17.6 Å². The van der Waals surface area contributed by atoms with Gasteiger partial charge in [-0.3, -0.25) is 14.4 Å². The van der Waals surface area contributed by atoms with E-state index in [0.29, 0.717) is 29.8 Å². The lowest BCUT2D eigenvalue weighted by Gasteiger charge is -2.26. The summed E-state index contributed by atoms with van der Waals surface area (Å²) in [4.78, 5) is 37.5. The summed E-state index contributed by atoms with van der Waals surface area (Å²) in [5.41, 5.74) is 1.62. The highest BCUT2D eigenvalue weighted by atomic mass is 16.2. The van der Waals surface area contributed by atoms with Crippen molar-refractivity contribution in [3.63, 3.8) is 0 Å². The molecule has 2 aromatic rings. The summed E-state index contributed by atoms with van der Waals surface area (Å²) >= 11 is 0. The van der Waals surface area contributed by atoms with E-state index in [-0.39, 0.29) is 24.1 Å². The number of nitrogens with zero attached hydrogens (tertiary/aromatic N) is 1. The number of rotatable bonds is 3. The second-order valence-corrected chi connectivity index (χ2v) is 5.35. The van der Waals surface area contributed by atoms with Gasteiger partial charge in [0.25, 0.3) is 5.91 Å². The van der Waals surface area contributed by atoms with Gasteiger partial charge in [0.1, 0.15) is 0 Å². The maximum atomic E-state index is 12.4. The summed E-state index contributed by atoms with van der Waals surface area (Å²) in [6.07, 6.45) is 0. The molecule has 23 heavy (non-hydrogen) atoms. The van der Waals surface area contributed by atoms with Crippen LogP contribution in [0.15, 0.2) is 54.6 Å². The van der Waals surface area contributed by atoms with Gasteiger partial charge >= 0.3 is 0 Å². The van der Waals surface area contributed by atoms with Gasteiger partial charge in [-0.2, -0.15) is 0 Å². The topological polar surface area (TPSA) is 66.5 Å². The molecule has 5 nitrogen and oxygen atoms in total. The fraction of sp³-hybridized carbons (Fsp3) is 0.167. The van der Waals surface area contributed by atoms with Crippen LogP contribution in [0.4, 0.5) is 0 Å². The Morgan fingerprint density at radius 1 is 0.870 bits per heavy atom. The molecule has 1 aliphatic rings. The maximum absolute atomic E-state index is 12.4. The van der Waals surface area contributed by atoms with Crippen molar-refractivity contribution in [2.75, 3.05) is 19.6 Å². The van der Waals surface area contributed by atoms with Gasteiger partial charge in [0.2, 0.25) is 5.91 Å². The second kappa shape index (κ2) is 6.44. The fourth-order valence-corrected chi connectivity index (χ4v) is 2.51. The maximum Gasteiger partial charge on any atom is 0.254 e. The quantitative estimate of drug-likeness (QED) is 0.874. The molecule has 0 aromatic heterocycles. The molecule has 1 fully saturated rings. The molecule has 0 aliphatic carbocycles. The molecule has 1 heterocycles. The number of hydrogen-bond acceptors (Lipinski definition) is 3. The molecule has 0 spiro atoms. The van der Waals surface area contributed by atoms with Crippen LogP contribution in [0, 0.1) is 0 Å². The minimum Gasteiger partial charge on any atom is -0.353 e. The first-order valence-corrected chi connectivity index (χ1v) is 7.41. The van der Waals surface area contributed by atoms with Crippen LogP contribution in [0.2, 0.25) is 0 Å². The van der Waals surface area contributed by atoms with Crippen molar-refractivity contribution in [3.8, 4) is 0 Å². The van der Waals surface area contributed by atoms with E-state index in [2.05, 4.69) is 5.32 Å². The van der Waals surface area contributed by atoms with Gasteiger partial charge in [-0.25, -0.2) is 0 Å². The second-order valence-electron chi connectivity index (χ2n) is 5.35. The molecule has 0 atom stereocenters. The molecule has 1 N–H and O–H groups in total. The molecule has 116 valence electrons. The molecule has 0 saturated carbocycles. The predicted molar refractivity (Wildman–Crippen MR) is 85.2 cm³/mol. The van der Waals surface area contributed by atoms with Crippen LogP contribution >= 0.6 is 0 Å². The third-order valence-electron chi connectivity index (χ3n) is 3.76. The van der Waals surface area contributed by atoms with Crippen molar-refractivity contribution in [3.05, 3.63) is 71.3 Å². The van der Waals surface area contributed by atoms with Gasteiger partial charge in [-0.05, 0) is 12.1 Å². The third kappa shape index (κ3) is 3.29. The van der Waals surface area contributed by atoms with Gasteiger partial charge in [-0.15, -0.1) is 0 Å². The first kappa shape index (κ1) is 15.0. The van der Waals surface area contributed by atoms with Crippen molar-refractivity contribution in [1.82, 2.24) is 10.2 Å². The number of amides is 2. The number of ketones is 1. The van der Waals surface area contributed by atoms with Crippen molar-refractivity contribution in [1.29, 1.82) is 0 Å². The van der Waals surface area contributed by atoms with E-state index in [1.54, 1.807) is 36.4 Å². The molecule has 5 heteroatoms. The fourth-order valence-electron chi connectivity index (χ4n) is 2.51. The minimum absolute atomic E-state index is 0.0729. The summed E-state index contributed by atoms with van der Waals surface area (Å²) in [6, 6.07) is 15.5. The van der Waals surface area contributed by atoms with E-state index >= 15 is 0 Å². The summed E-state index contributed by atoms with van der Waals surface area (Å²) in [7, 11) is 0. The minimum atomic E-state index is -0.196. The number of hydrogen-bond donors (Lipinski definition) is 1. The summed E-state index contributed by atoms with van der Waals surface area (Å²) in [5.74, 6) is -0.430. The van der Waals surface area contributed by atoms with Gasteiger partial charge in [0.05, 0.1) is 6.54 Å². The van der Waals surface area contributed by atoms with Crippen LogP contribution in [-0.2, 0) is 4.79 Å². The lowest BCUT2D eigenvalue weighted by molar-refractivity contribution is -0.123. The monoisotopic (exact) mass is 308 g/mol. The lowest BCUT2D eigenvalue weighted by atomic mass is 10.0. The largest absolute Gasteiger partial charge is 0.353 e. The Hall–Kier alpha value is -2.95. The highest BCUT2D eigenvalue weighted by molar-refractivity contribution is 6.09. The van der Waals surface area contributed by atoms with Gasteiger partial charge < -0.3 is 10.2 Å². The van der Waals surface area contributed by atoms with Crippen LogP contribution in [0.25, 0.3) is 0 Å². The van der Waals surface area contributed by atoms with E-state index in [1.807, 2.05) is 18.2 Å². The standard InChI is InChI=1S/C18H16N2O3/c21-16-12-20(11-10-19-16)18(23)15-8-6-14(7-9-15)17(22)13-4-2-1-3-5-13/h1-9H,10-12H2,(H,19,21). The molecule has 1 saturated heterocycles. The van der Waals surface area contributed by atoms with Crippen LogP contribution < -0.4 is 5.32 Å². The van der Waals surface area contributed by atoms with Gasteiger partial charge in [0, 0.05) is 29.8 Å². The summed E-state index contributed by atoms with van der Waals surface area (Å²) in [5, 5.41) is 2.68. The van der Waals surface area contributed by atoms with E-state index in [4.69, 9.17) is 0 Å². The van der Waals surface area contributed by atoms with E-state index in [9.17, 15) is 14.4 Å². The number of nitrogens with one attached hydrogen (secondary N) is 1. The highest BCUT2D eigenvalue weighted by Gasteiger charge is 2.22. The smallest absolute Gasteiger partial charge is 0.254 e. The molecular weight excluding hydrogens is 292 g/mol. The highest BCUT2D eigenvalue weighted by Crippen LogP contribution is 2.13. The molecule has 2 aromatic carbocycles. The summed E-state index contributed by atoms with van der Waals surface area (Å²) in [6.45, 7) is 1.04. The molecule has 0 unspecified atom stereocenters. The molecular formula is C18H16N2O3. The number of carbonyl (C=O) groups is 3. The summed E-state index contributed by atoms with van der Waals surface area (Å²) < 4.78 is 0. The van der Waals surface area contributed by atoms with Crippen LogP contribution in [0.5, 0.6) is 0 Å². The molecule has 0 bridgehead atoms. The van der Waals surface area contributed by atoms with Crippen LogP contribution in [0.3, 0.4) is 0 Å². The van der Waals surface area contributed by atoms with Crippen molar-refractivity contribution in [2.45, 2.75) is 0 Å². The molecule has 2 amide bonds. The average Bonchev–Trinajstić information content (AvgIpc) is 2.61.